The smallest absolute Gasteiger partial charge is 0.268 e. The summed E-state index contributed by atoms with van der Waals surface area (Å²) in [7, 11) is 0. The summed E-state index contributed by atoms with van der Waals surface area (Å²) in [6, 6.07) is 15.3. The van der Waals surface area contributed by atoms with E-state index in [2.05, 4.69) is 11.5 Å². The highest BCUT2D eigenvalue weighted by Gasteiger charge is 2.24. The number of nitrogens with zero attached hydrogens (tertiary/aromatic N) is 3. The van der Waals surface area contributed by atoms with Gasteiger partial charge in [-0.1, -0.05) is 67.1 Å². The van der Waals surface area contributed by atoms with Crippen LogP contribution in [0.25, 0.3) is 33.4 Å². The van der Waals surface area contributed by atoms with Crippen molar-refractivity contribution in [3.05, 3.63) is 96.6 Å². The Bertz CT molecular complexity index is 1650. The Hall–Kier alpha value is -3.48. The van der Waals surface area contributed by atoms with Crippen LogP contribution >= 0.6 is 24.0 Å². The number of aromatic nitrogens is 3. The number of pyridine rings is 1. The van der Waals surface area contributed by atoms with Crippen LogP contribution in [0, 0.1) is 13.8 Å². The highest BCUT2D eigenvalue weighted by molar-refractivity contribution is 6.32. The lowest BCUT2D eigenvalue weighted by Crippen LogP contribution is -2.31. The molecule has 2 aromatic heterocycles. The van der Waals surface area contributed by atoms with E-state index in [1.807, 2.05) is 50.2 Å². The topological polar surface area (TPSA) is 85.1 Å². The molecule has 6 nitrogen and oxygen atoms in total. The van der Waals surface area contributed by atoms with Crippen LogP contribution in [0.4, 0.5) is 0 Å². The summed E-state index contributed by atoms with van der Waals surface area (Å²) in [5.74, 6) is 0.476. The number of aromatic hydroxyl groups is 1. The summed E-state index contributed by atoms with van der Waals surface area (Å²) in [4.78, 5) is 33.1. The largest absolute Gasteiger partial charge is 0.503 e. The molecule has 2 heterocycles. The lowest BCUT2D eigenvalue weighted by atomic mass is 9.91. The maximum Gasteiger partial charge on any atom is 0.268 e. The van der Waals surface area contributed by atoms with Gasteiger partial charge in [0.1, 0.15) is 11.3 Å². The number of fused-ring (bicyclic) bond motifs is 1. The molecule has 178 valence electrons. The van der Waals surface area contributed by atoms with Crippen molar-refractivity contribution in [3.8, 4) is 28.0 Å². The summed E-state index contributed by atoms with van der Waals surface area (Å²) < 4.78 is 2.12. The molecule has 0 saturated heterocycles. The van der Waals surface area contributed by atoms with Crippen LogP contribution in [0.15, 0.2) is 58.1 Å². The molecule has 0 bridgehead atoms. The highest BCUT2D eigenvalue weighted by Crippen LogP contribution is 2.34. The number of imidazole rings is 1. The van der Waals surface area contributed by atoms with Crippen LogP contribution in [0.1, 0.15) is 29.6 Å². The Labute approximate surface area is 213 Å². The standard InChI is InChI=1S/C27H22ClN3O3.ClH/c1-4-20-30-23-14(2)22(28)15(3)29-27(23)31(20)13-16-9-11-17(12-10-16)18-7-5-6-8-19(18)21-24(32)26(34)25(21)33;/h5-12,32H,4,13H2,1-3H3;1H. The first-order valence-electron chi connectivity index (χ1n) is 11.0. The van der Waals surface area contributed by atoms with Crippen LogP contribution in [0.3, 0.4) is 0 Å². The molecule has 0 saturated carbocycles. The summed E-state index contributed by atoms with van der Waals surface area (Å²) >= 11 is 6.40. The molecule has 0 aliphatic carbocycles. The Morgan fingerprint density at radius 2 is 1.60 bits per heavy atom. The molecule has 0 atom stereocenters. The number of aryl methyl sites for hydroxylation is 3. The minimum absolute atomic E-state index is 0. The van der Waals surface area contributed by atoms with Crippen molar-refractivity contribution in [1.82, 2.24) is 14.5 Å². The van der Waals surface area contributed by atoms with Crippen molar-refractivity contribution in [1.29, 1.82) is 0 Å². The lowest BCUT2D eigenvalue weighted by molar-refractivity contribution is 0.465. The second-order valence-electron chi connectivity index (χ2n) is 8.40. The molecule has 5 aromatic rings. The Morgan fingerprint density at radius 3 is 2.23 bits per heavy atom. The van der Waals surface area contributed by atoms with E-state index >= 15 is 0 Å². The van der Waals surface area contributed by atoms with Gasteiger partial charge in [0.15, 0.2) is 11.4 Å². The zero-order valence-electron chi connectivity index (χ0n) is 19.4. The van der Waals surface area contributed by atoms with Gasteiger partial charge in [-0.3, -0.25) is 9.59 Å². The highest BCUT2D eigenvalue weighted by atomic mass is 35.5. The Kier molecular flexibility index (Phi) is 6.54. The van der Waals surface area contributed by atoms with Crippen molar-refractivity contribution in [2.24, 2.45) is 0 Å². The van der Waals surface area contributed by atoms with Crippen LogP contribution in [-0.4, -0.2) is 19.6 Å². The Balaban J connectivity index is 0.00000289. The maximum atomic E-state index is 12.0. The quantitative estimate of drug-likeness (QED) is 0.323. The van der Waals surface area contributed by atoms with Gasteiger partial charge < -0.3 is 9.67 Å². The zero-order chi connectivity index (χ0) is 24.1. The van der Waals surface area contributed by atoms with Crippen molar-refractivity contribution in [2.45, 2.75) is 33.7 Å². The van der Waals surface area contributed by atoms with E-state index in [-0.39, 0.29) is 18.0 Å². The molecule has 0 unspecified atom stereocenters. The predicted octanol–water partition coefficient (Wildman–Crippen LogP) is 5.37. The molecule has 0 aliphatic heterocycles. The lowest BCUT2D eigenvalue weighted by Gasteiger charge is -2.13. The van der Waals surface area contributed by atoms with E-state index in [9.17, 15) is 14.7 Å². The minimum atomic E-state index is -0.834. The molecule has 35 heavy (non-hydrogen) atoms. The fourth-order valence-electron chi connectivity index (χ4n) is 4.43. The van der Waals surface area contributed by atoms with Crippen LogP contribution in [0.2, 0.25) is 5.02 Å². The van der Waals surface area contributed by atoms with Crippen LogP contribution in [0.5, 0.6) is 5.75 Å². The third-order valence-corrected chi connectivity index (χ3v) is 6.86. The maximum absolute atomic E-state index is 12.0. The zero-order valence-corrected chi connectivity index (χ0v) is 21.0. The van der Waals surface area contributed by atoms with Gasteiger partial charge in [-0.25, -0.2) is 9.97 Å². The van der Waals surface area contributed by atoms with Gasteiger partial charge in [-0.2, -0.15) is 0 Å². The fraction of sp³-hybridized carbons (Fsp3) is 0.185. The third-order valence-electron chi connectivity index (χ3n) is 6.30. The van der Waals surface area contributed by atoms with Crippen molar-refractivity contribution in [2.75, 3.05) is 0 Å². The van der Waals surface area contributed by atoms with Crippen LogP contribution in [-0.2, 0) is 13.0 Å². The number of hydrogen-bond donors (Lipinski definition) is 1. The first-order valence-corrected chi connectivity index (χ1v) is 11.4. The fourth-order valence-corrected chi connectivity index (χ4v) is 4.56. The summed E-state index contributed by atoms with van der Waals surface area (Å²) in [6.07, 6.45) is 0.767. The normalized spacial score (nSPS) is 11.2. The molecule has 0 radical (unpaired) electrons. The molecule has 0 fully saturated rings. The van der Waals surface area contributed by atoms with E-state index in [4.69, 9.17) is 21.6 Å². The van der Waals surface area contributed by atoms with Gasteiger partial charge in [-0.15, -0.1) is 12.4 Å². The second kappa shape index (κ2) is 9.29. The molecule has 0 amide bonds. The summed E-state index contributed by atoms with van der Waals surface area (Å²) in [5.41, 5.74) is 5.24. The molecule has 3 aromatic carbocycles. The first kappa shape index (κ1) is 24.6. The minimum Gasteiger partial charge on any atom is -0.503 e. The summed E-state index contributed by atoms with van der Waals surface area (Å²) in [6.45, 7) is 6.54. The number of benzene rings is 2. The number of hydrogen-bond acceptors (Lipinski definition) is 5. The van der Waals surface area contributed by atoms with E-state index in [0.29, 0.717) is 17.1 Å². The van der Waals surface area contributed by atoms with Crippen molar-refractivity contribution in [3.63, 3.8) is 0 Å². The van der Waals surface area contributed by atoms with Gasteiger partial charge in [0, 0.05) is 6.42 Å². The van der Waals surface area contributed by atoms with E-state index in [0.717, 1.165) is 51.4 Å². The molecular weight excluding hydrogens is 485 g/mol. The molecule has 0 spiro atoms. The molecule has 5 rings (SSSR count). The van der Waals surface area contributed by atoms with E-state index in [1.165, 1.54) is 0 Å². The van der Waals surface area contributed by atoms with Gasteiger partial charge in [0.2, 0.25) is 5.43 Å². The monoisotopic (exact) mass is 507 g/mol. The third kappa shape index (κ3) is 3.93. The molecular formula is C27H23Cl2N3O3. The molecule has 8 heteroatoms. The van der Waals surface area contributed by atoms with Crippen molar-refractivity contribution < 1.29 is 5.11 Å². The van der Waals surface area contributed by atoms with Gasteiger partial charge in [0.25, 0.3) is 5.43 Å². The SMILES string of the molecule is CCc1nc2c(C)c(Cl)c(C)nc2n1Cc1ccc(-c2ccccc2-c2c(O)c(=O)c2=O)cc1.Cl. The van der Waals surface area contributed by atoms with Gasteiger partial charge >= 0.3 is 0 Å². The van der Waals surface area contributed by atoms with Gasteiger partial charge in [0.05, 0.1) is 22.8 Å². The second-order valence-corrected chi connectivity index (χ2v) is 8.78. The predicted molar refractivity (Wildman–Crippen MR) is 142 cm³/mol. The van der Waals surface area contributed by atoms with Gasteiger partial charge in [-0.05, 0) is 41.7 Å². The first-order chi connectivity index (χ1) is 16.3. The average molecular weight is 508 g/mol. The average Bonchev–Trinajstić information content (AvgIpc) is 3.20. The van der Waals surface area contributed by atoms with E-state index < -0.39 is 16.6 Å². The number of rotatable bonds is 5. The summed E-state index contributed by atoms with van der Waals surface area (Å²) in [5, 5.41) is 10.6. The van der Waals surface area contributed by atoms with Crippen molar-refractivity contribution >= 4 is 35.2 Å². The molecule has 1 N–H and O–H groups in total. The van der Waals surface area contributed by atoms with Crippen LogP contribution < -0.4 is 10.9 Å². The van der Waals surface area contributed by atoms with E-state index in [1.54, 1.807) is 12.1 Å². The Morgan fingerprint density at radius 1 is 0.943 bits per heavy atom. The molecule has 0 aliphatic rings. The number of halogens is 2.